The average Bonchev–Trinajstić information content (AvgIpc) is 2.75. The van der Waals surface area contributed by atoms with E-state index in [-0.39, 0.29) is 11.4 Å². The van der Waals surface area contributed by atoms with Gasteiger partial charge in [-0.15, -0.1) is 0 Å². The van der Waals surface area contributed by atoms with E-state index >= 15 is 0 Å². The molecule has 0 saturated carbocycles. The summed E-state index contributed by atoms with van der Waals surface area (Å²) in [4.78, 5) is 12.5. The molecule has 0 aliphatic rings. The molecule has 0 aliphatic carbocycles. The van der Waals surface area contributed by atoms with Crippen molar-refractivity contribution in [2.24, 2.45) is 5.10 Å². The van der Waals surface area contributed by atoms with Gasteiger partial charge in [-0.1, -0.05) is 57.9 Å². The number of halogens is 2. The molecule has 32 heavy (non-hydrogen) atoms. The lowest BCUT2D eigenvalue weighted by Crippen LogP contribution is -2.39. The molecule has 6 nitrogen and oxygen atoms in total. The third-order valence-corrected chi connectivity index (χ3v) is 6.84. The molecule has 0 saturated heterocycles. The minimum Gasteiger partial charge on any atom is -0.272 e. The van der Waals surface area contributed by atoms with E-state index in [9.17, 15) is 17.6 Å². The zero-order chi connectivity index (χ0) is 23.1. The van der Waals surface area contributed by atoms with Crippen molar-refractivity contribution in [1.29, 1.82) is 0 Å². The van der Waals surface area contributed by atoms with Gasteiger partial charge >= 0.3 is 0 Å². The van der Waals surface area contributed by atoms with E-state index in [0.717, 1.165) is 19.9 Å². The van der Waals surface area contributed by atoms with E-state index in [4.69, 9.17) is 0 Å². The molecule has 166 valence electrons. The topological polar surface area (TPSA) is 78.8 Å². The number of rotatable bonds is 8. The minimum absolute atomic E-state index is 0.0136. The van der Waals surface area contributed by atoms with E-state index in [0.29, 0.717) is 5.56 Å². The first-order chi connectivity index (χ1) is 15.2. The minimum atomic E-state index is -3.95. The lowest BCUT2D eigenvalue weighted by Gasteiger charge is -2.21. The Hall–Kier alpha value is -2.88. The van der Waals surface area contributed by atoms with Gasteiger partial charge in [0.1, 0.15) is 5.82 Å². The van der Waals surface area contributed by atoms with Gasteiger partial charge < -0.3 is 0 Å². The highest BCUT2D eigenvalue weighted by molar-refractivity contribution is 9.10. The predicted molar refractivity (Wildman–Crippen MR) is 125 cm³/mol. The van der Waals surface area contributed by atoms with E-state index < -0.39 is 28.3 Å². The summed E-state index contributed by atoms with van der Waals surface area (Å²) in [7, 11) is -3.95. The molecule has 0 unspecified atom stereocenters. The Kier molecular flexibility index (Phi) is 7.89. The highest BCUT2D eigenvalue weighted by atomic mass is 79.9. The van der Waals surface area contributed by atoms with Gasteiger partial charge in [0.15, 0.2) is 0 Å². The molecule has 0 spiro atoms. The van der Waals surface area contributed by atoms with Crippen LogP contribution in [0.15, 0.2) is 87.3 Å². The number of amides is 1. The van der Waals surface area contributed by atoms with Crippen LogP contribution in [-0.2, 0) is 21.4 Å². The van der Waals surface area contributed by atoms with Crippen LogP contribution in [0.1, 0.15) is 16.7 Å². The van der Waals surface area contributed by atoms with Gasteiger partial charge in [-0.3, -0.25) is 4.79 Å². The molecule has 0 radical (unpaired) electrons. The summed E-state index contributed by atoms with van der Waals surface area (Å²) in [5.41, 5.74) is 4.55. The number of carbonyl (C=O) groups is 1. The van der Waals surface area contributed by atoms with Crippen molar-refractivity contribution in [3.63, 3.8) is 0 Å². The Morgan fingerprint density at radius 3 is 2.44 bits per heavy atom. The van der Waals surface area contributed by atoms with Crippen LogP contribution < -0.4 is 5.43 Å². The average molecular weight is 518 g/mol. The molecule has 1 amide bonds. The van der Waals surface area contributed by atoms with Crippen LogP contribution in [0.3, 0.4) is 0 Å². The van der Waals surface area contributed by atoms with E-state index in [1.54, 1.807) is 18.2 Å². The van der Waals surface area contributed by atoms with Crippen molar-refractivity contribution >= 4 is 38.1 Å². The lowest BCUT2D eigenvalue weighted by molar-refractivity contribution is -0.121. The summed E-state index contributed by atoms with van der Waals surface area (Å²) in [6.45, 7) is 1.51. The summed E-state index contributed by atoms with van der Waals surface area (Å²) < 4.78 is 41.5. The van der Waals surface area contributed by atoms with Crippen molar-refractivity contribution in [2.75, 3.05) is 6.54 Å². The summed E-state index contributed by atoms with van der Waals surface area (Å²) in [5, 5.41) is 3.80. The summed E-state index contributed by atoms with van der Waals surface area (Å²) in [6.07, 6.45) is 1.29. The molecule has 0 fully saturated rings. The molecule has 0 aliphatic heterocycles. The highest BCUT2D eigenvalue weighted by Crippen LogP contribution is 2.21. The molecule has 0 heterocycles. The molecular weight excluding hydrogens is 497 g/mol. The molecule has 0 atom stereocenters. The molecule has 3 aromatic carbocycles. The monoisotopic (exact) mass is 517 g/mol. The summed E-state index contributed by atoms with van der Waals surface area (Å²) in [5.74, 6) is -1.05. The number of nitrogens with one attached hydrogen (secondary N) is 1. The first-order valence-corrected chi connectivity index (χ1v) is 11.9. The molecule has 1 N–H and O–H groups in total. The first-order valence-electron chi connectivity index (χ1n) is 9.63. The standard InChI is InChI=1S/C23H21BrFN3O3S/c1-17-5-7-18(8-6-17)15-28(32(30,31)22-11-9-20(24)10-12-22)16-23(29)27-26-14-19-3-2-4-21(25)13-19/h2-14H,15-16H2,1H3,(H,27,29)/b26-14-. The second-order valence-corrected chi connectivity index (χ2v) is 9.91. The lowest BCUT2D eigenvalue weighted by atomic mass is 10.1. The number of nitrogens with zero attached hydrogens (tertiary/aromatic N) is 2. The second-order valence-electron chi connectivity index (χ2n) is 7.06. The smallest absolute Gasteiger partial charge is 0.255 e. The highest BCUT2D eigenvalue weighted by Gasteiger charge is 2.27. The third kappa shape index (κ3) is 6.56. The SMILES string of the molecule is Cc1ccc(CN(CC(=O)N/N=C\c2cccc(F)c2)S(=O)(=O)c2ccc(Br)cc2)cc1. The Morgan fingerprint density at radius 1 is 1.09 bits per heavy atom. The van der Waals surface area contributed by atoms with Gasteiger partial charge in [0.05, 0.1) is 17.7 Å². The van der Waals surface area contributed by atoms with Gasteiger partial charge in [-0.25, -0.2) is 18.2 Å². The van der Waals surface area contributed by atoms with Gasteiger partial charge in [-0.05, 0) is 54.4 Å². The van der Waals surface area contributed by atoms with Crippen LogP contribution in [0.2, 0.25) is 0 Å². The molecule has 0 aromatic heterocycles. The molecule has 0 bridgehead atoms. The predicted octanol–water partition coefficient (Wildman–Crippen LogP) is 4.24. The van der Waals surface area contributed by atoms with Crippen LogP contribution >= 0.6 is 15.9 Å². The van der Waals surface area contributed by atoms with Crippen molar-refractivity contribution in [3.05, 3.63) is 99.8 Å². The zero-order valence-corrected chi connectivity index (χ0v) is 19.6. The maximum atomic E-state index is 13.2. The van der Waals surface area contributed by atoms with Gasteiger partial charge in [0.25, 0.3) is 5.91 Å². The fourth-order valence-corrected chi connectivity index (χ4v) is 4.49. The Labute approximate surface area is 195 Å². The first kappa shape index (κ1) is 23.8. The summed E-state index contributed by atoms with van der Waals surface area (Å²) in [6, 6.07) is 19.3. The fourth-order valence-electron chi connectivity index (χ4n) is 2.84. The molecular formula is C23H21BrFN3O3S. The number of sulfonamides is 1. The van der Waals surface area contributed by atoms with Gasteiger partial charge in [0, 0.05) is 11.0 Å². The zero-order valence-electron chi connectivity index (χ0n) is 17.2. The van der Waals surface area contributed by atoms with Crippen molar-refractivity contribution in [2.45, 2.75) is 18.4 Å². The van der Waals surface area contributed by atoms with Crippen molar-refractivity contribution < 1.29 is 17.6 Å². The maximum Gasteiger partial charge on any atom is 0.255 e. The fraction of sp³-hybridized carbons (Fsp3) is 0.130. The molecule has 9 heteroatoms. The number of benzene rings is 3. The third-order valence-electron chi connectivity index (χ3n) is 4.50. The maximum absolute atomic E-state index is 13.2. The normalized spacial score (nSPS) is 11.8. The van der Waals surface area contributed by atoms with Crippen LogP contribution in [0.5, 0.6) is 0 Å². The number of hydrogen-bond acceptors (Lipinski definition) is 4. The molecule has 3 aromatic rings. The van der Waals surface area contributed by atoms with Crippen LogP contribution in [-0.4, -0.2) is 31.4 Å². The summed E-state index contributed by atoms with van der Waals surface area (Å²) >= 11 is 3.29. The van der Waals surface area contributed by atoms with Crippen molar-refractivity contribution in [3.8, 4) is 0 Å². The number of carbonyl (C=O) groups excluding carboxylic acids is 1. The Morgan fingerprint density at radius 2 is 1.78 bits per heavy atom. The largest absolute Gasteiger partial charge is 0.272 e. The van der Waals surface area contributed by atoms with Crippen LogP contribution in [0, 0.1) is 12.7 Å². The van der Waals surface area contributed by atoms with E-state index in [2.05, 4.69) is 26.5 Å². The Balaban J connectivity index is 1.79. The van der Waals surface area contributed by atoms with Crippen LogP contribution in [0.4, 0.5) is 4.39 Å². The number of aryl methyl sites for hydroxylation is 1. The van der Waals surface area contributed by atoms with Gasteiger partial charge in [0.2, 0.25) is 10.0 Å². The van der Waals surface area contributed by atoms with Crippen molar-refractivity contribution in [1.82, 2.24) is 9.73 Å². The Bertz CT molecular complexity index is 1210. The number of hydrogen-bond donors (Lipinski definition) is 1. The quantitative estimate of drug-likeness (QED) is 0.358. The number of hydrazone groups is 1. The molecule has 3 rings (SSSR count). The van der Waals surface area contributed by atoms with Crippen LogP contribution in [0.25, 0.3) is 0 Å². The van der Waals surface area contributed by atoms with E-state index in [1.807, 2.05) is 31.2 Å². The van der Waals surface area contributed by atoms with Gasteiger partial charge in [-0.2, -0.15) is 9.41 Å². The van der Waals surface area contributed by atoms with E-state index in [1.165, 1.54) is 36.5 Å². The second kappa shape index (κ2) is 10.6.